The number of rotatable bonds is 5. The zero-order valence-corrected chi connectivity index (χ0v) is 16.5. The van der Waals surface area contributed by atoms with Gasteiger partial charge in [-0.1, -0.05) is 6.42 Å². The van der Waals surface area contributed by atoms with Crippen LogP contribution in [0.1, 0.15) is 44.2 Å². The Morgan fingerprint density at radius 1 is 1.12 bits per heavy atom. The van der Waals surface area contributed by atoms with Gasteiger partial charge in [-0.05, 0) is 68.7 Å². The summed E-state index contributed by atoms with van der Waals surface area (Å²) in [5, 5.41) is 3.14. The van der Waals surface area contributed by atoms with Gasteiger partial charge in [-0.25, -0.2) is 4.98 Å². The normalized spacial score (nSPS) is 28.0. The van der Waals surface area contributed by atoms with Crippen molar-refractivity contribution in [3.63, 3.8) is 0 Å². The van der Waals surface area contributed by atoms with Crippen LogP contribution in [-0.4, -0.2) is 52.1 Å². The molecule has 1 atom stereocenters. The van der Waals surface area contributed by atoms with Crippen LogP contribution in [-0.2, 0) is 6.54 Å². The summed E-state index contributed by atoms with van der Waals surface area (Å²) in [6, 6.07) is 4.42. The summed E-state index contributed by atoms with van der Waals surface area (Å²) in [7, 11) is 0. The number of thiazole rings is 1. The fraction of sp³-hybridized carbons (Fsp3) is 0.667. The van der Waals surface area contributed by atoms with Gasteiger partial charge < -0.3 is 4.90 Å². The lowest BCUT2D eigenvalue weighted by molar-refractivity contribution is 0.0667. The average Bonchev–Trinajstić information content (AvgIpc) is 3.33. The van der Waals surface area contributed by atoms with Gasteiger partial charge in [-0.3, -0.25) is 9.47 Å². The third kappa shape index (κ3) is 3.37. The molecule has 5 heteroatoms. The van der Waals surface area contributed by atoms with Crippen LogP contribution >= 0.6 is 11.3 Å². The van der Waals surface area contributed by atoms with Crippen molar-refractivity contribution in [1.82, 2.24) is 19.4 Å². The Hall–Kier alpha value is -1.17. The van der Waals surface area contributed by atoms with Crippen molar-refractivity contribution in [2.75, 3.05) is 32.7 Å². The maximum atomic E-state index is 4.48. The smallest absolute Gasteiger partial charge is 0.193 e. The number of piperidine rings is 1. The van der Waals surface area contributed by atoms with Gasteiger partial charge in [-0.15, -0.1) is 11.3 Å². The first kappa shape index (κ1) is 17.0. The molecule has 3 fully saturated rings. The van der Waals surface area contributed by atoms with Gasteiger partial charge in [0, 0.05) is 49.6 Å². The molecule has 4 nitrogen and oxygen atoms in total. The minimum Gasteiger partial charge on any atom is -0.302 e. The molecule has 0 amide bonds. The van der Waals surface area contributed by atoms with Crippen LogP contribution < -0.4 is 0 Å². The maximum Gasteiger partial charge on any atom is 0.193 e. The van der Waals surface area contributed by atoms with Crippen LogP contribution in [0.3, 0.4) is 0 Å². The summed E-state index contributed by atoms with van der Waals surface area (Å²) in [4.78, 5) is 9.97. The lowest BCUT2D eigenvalue weighted by Gasteiger charge is -2.43. The molecule has 4 heterocycles. The lowest BCUT2D eigenvalue weighted by Crippen LogP contribution is -2.47. The number of aromatic nitrogens is 2. The zero-order chi connectivity index (χ0) is 17.4. The number of hydrogen-bond donors (Lipinski definition) is 0. The molecule has 2 aromatic heterocycles. The summed E-state index contributed by atoms with van der Waals surface area (Å²) in [5.74, 6) is 1.00. The third-order valence-corrected chi connectivity index (χ3v) is 7.61. The molecule has 26 heavy (non-hydrogen) atoms. The van der Waals surface area contributed by atoms with Gasteiger partial charge in [-0.2, -0.15) is 0 Å². The van der Waals surface area contributed by atoms with E-state index in [-0.39, 0.29) is 0 Å². The van der Waals surface area contributed by atoms with Gasteiger partial charge in [0.15, 0.2) is 5.13 Å². The second-order valence-electron chi connectivity index (χ2n) is 8.78. The van der Waals surface area contributed by atoms with Gasteiger partial charge in [0.2, 0.25) is 0 Å². The van der Waals surface area contributed by atoms with Gasteiger partial charge >= 0.3 is 0 Å². The fourth-order valence-electron chi connectivity index (χ4n) is 5.30. The number of likely N-dealkylation sites (tertiary alicyclic amines) is 2. The summed E-state index contributed by atoms with van der Waals surface area (Å²) in [5.41, 5.74) is 1.93. The molecule has 2 aromatic rings. The van der Waals surface area contributed by atoms with Crippen LogP contribution in [0, 0.1) is 11.3 Å². The van der Waals surface area contributed by atoms with Crippen LogP contribution in [0.4, 0.5) is 0 Å². The molecule has 1 spiro atoms. The lowest BCUT2D eigenvalue weighted by atomic mass is 9.78. The summed E-state index contributed by atoms with van der Waals surface area (Å²) < 4.78 is 2.26. The van der Waals surface area contributed by atoms with E-state index in [1.54, 1.807) is 11.3 Å². The molecule has 1 saturated carbocycles. The standard InChI is InChI=1S/C21H30N4S/c1-4-18(5-1)14-23-10-3-7-21(16-23)8-12-24(17-21)15-19-6-2-11-25(19)20-22-9-13-26-20/h2,6,9,11,13,18H,1,3-5,7-8,10,12,14-17H2/t21-/m1/s1. The van der Waals surface area contributed by atoms with Crippen molar-refractivity contribution in [1.29, 1.82) is 0 Å². The van der Waals surface area contributed by atoms with E-state index in [2.05, 4.69) is 43.1 Å². The first-order valence-corrected chi connectivity index (χ1v) is 11.2. The molecule has 0 unspecified atom stereocenters. The van der Waals surface area contributed by atoms with E-state index >= 15 is 0 Å². The molecule has 0 aromatic carbocycles. The van der Waals surface area contributed by atoms with Crippen molar-refractivity contribution < 1.29 is 0 Å². The van der Waals surface area contributed by atoms with E-state index in [4.69, 9.17) is 0 Å². The highest BCUT2D eigenvalue weighted by molar-refractivity contribution is 7.12. The van der Waals surface area contributed by atoms with E-state index < -0.39 is 0 Å². The Kier molecular flexibility index (Phi) is 4.63. The first-order valence-electron chi connectivity index (χ1n) is 10.3. The minimum atomic E-state index is 0.556. The average molecular weight is 371 g/mol. The molecular weight excluding hydrogens is 340 g/mol. The number of nitrogens with zero attached hydrogens (tertiary/aromatic N) is 4. The van der Waals surface area contributed by atoms with Crippen molar-refractivity contribution in [2.24, 2.45) is 11.3 Å². The molecule has 0 N–H and O–H groups in total. The SMILES string of the molecule is c1cc(CN2CC[C@@]3(CCCN(CC4CCC4)C3)C2)n(-c2nccs2)c1. The van der Waals surface area contributed by atoms with E-state index in [1.165, 1.54) is 76.9 Å². The Labute approximate surface area is 160 Å². The minimum absolute atomic E-state index is 0.556. The second kappa shape index (κ2) is 7.10. The second-order valence-corrected chi connectivity index (χ2v) is 9.65. The quantitative estimate of drug-likeness (QED) is 0.794. The third-order valence-electron chi connectivity index (χ3n) is 6.84. The maximum absolute atomic E-state index is 4.48. The Morgan fingerprint density at radius 3 is 2.85 bits per heavy atom. The largest absolute Gasteiger partial charge is 0.302 e. The molecule has 3 aliphatic rings. The molecule has 5 rings (SSSR count). The van der Waals surface area contributed by atoms with E-state index in [0.29, 0.717) is 5.41 Å². The van der Waals surface area contributed by atoms with Gasteiger partial charge in [0.25, 0.3) is 0 Å². The number of hydrogen-bond acceptors (Lipinski definition) is 4. The summed E-state index contributed by atoms with van der Waals surface area (Å²) >= 11 is 1.71. The van der Waals surface area contributed by atoms with Crippen molar-refractivity contribution >= 4 is 11.3 Å². The molecule has 0 radical (unpaired) electrons. The molecule has 2 saturated heterocycles. The Bertz CT molecular complexity index is 720. The van der Waals surface area contributed by atoms with Gasteiger partial charge in [0.05, 0.1) is 0 Å². The highest BCUT2D eigenvalue weighted by Crippen LogP contribution is 2.40. The van der Waals surface area contributed by atoms with Crippen molar-refractivity contribution in [2.45, 2.75) is 45.1 Å². The van der Waals surface area contributed by atoms with Crippen LogP contribution in [0.25, 0.3) is 5.13 Å². The van der Waals surface area contributed by atoms with E-state index in [0.717, 1.165) is 17.6 Å². The first-order chi connectivity index (χ1) is 12.8. The fourth-order valence-corrected chi connectivity index (χ4v) is 5.95. The Balaban J connectivity index is 1.22. The molecule has 1 aliphatic carbocycles. The van der Waals surface area contributed by atoms with E-state index in [1.807, 2.05) is 6.20 Å². The molecule has 2 aliphatic heterocycles. The molecule has 0 bridgehead atoms. The zero-order valence-electron chi connectivity index (χ0n) is 15.6. The Morgan fingerprint density at radius 2 is 2.04 bits per heavy atom. The highest BCUT2D eigenvalue weighted by Gasteiger charge is 2.41. The van der Waals surface area contributed by atoms with E-state index in [9.17, 15) is 0 Å². The van der Waals surface area contributed by atoms with Gasteiger partial charge in [0.1, 0.15) is 0 Å². The van der Waals surface area contributed by atoms with Crippen molar-refractivity contribution in [3.05, 3.63) is 35.6 Å². The van der Waals surface area contributed by atoms with Crippen LogP contribution in [0.5, 0.6) is 0 Å². The van der Waals surface area contributed by atoms with Crippen LogP contribution in [0.2, 0.25) is 0 Å². The molecular formula is C21H30N4S. The topological polar surface area (TPSA) is 24.3 Å². The molecule has 140 valence electrons. The van der Waals surface area contributed by atoms with Crippen LogP contribution in [0.15, 0.2) is 29.9 Å². The summed E-state index contributed by atoms with van der Waals surface area (Å²) in [6.45, 7) is 7.63. The predicted molar refractivity (Wildman–Crippen MR) is 107 cm³/mol. The monoisotopic (exact) mass is 370 g/mol. The summed E-state index contributed by atoms with van der Waals surface area (Å²) in [6.07, 6.45) is 12.7. The van der Waals surface area contributed by atoms with Crippen molar-refractivity contribution in [3.8, 4) is 5.13 Å². The highest BCUT2D eigenvalue weighted by atomic mass is 32.1. The predicted octanol–water partition coefficient (Wildman–Crippen LogP) is 4.02.